The molecule has 12 heavy (non-hydrogen) atoms. The zero-order valence-electron chi connectivity index (χ0n) is 9.81. The molecule has 1 atom stereocenters. The third-order valence-corrected chi connectivity index (χ3v) is 2.48. The Balaban J connectivity index is 4.25. The molecule has 0 saturated carbocycles. The summed E-state index contributed by atoms with van der Waals surface area (Å²) >= 11 is 0. The van der Waals surface area contributed by atoms with Crippen molar-refractivity contribution < 1.29 is 0 Å². The van der Waals surface area contributed by atoms with Crippen LogP contribution < -0.4 is 0 Å². The Bertz CT molecular complexity index is 119. The van der Waals surface area contributed by atoms with Crippen molar-refractivity contribution in [2.24, 2.45) is 17.3 Å². The van der Waals surface area contributed by atoms with Crippen molar-refractivity contribution in [3.05, 3.63) is 0 Å². The zero-order chi connectivity index (χ0) is 9.94. The van der Waals surface area contributed by atoms with Crippen LogP contribution in [0.1, 0.15) is 34.6 Å². The third kappa shape index (κ3) is 4.10. The van der Waals surface area contributed by atoms with E-state index in [9.17, 15) is 0 Å². The van der Waals surface area contributed by atoms with Crippen LogP contribution in [-0.4, -0.2) is 25.5 Å². The smallest absolute Gasteiger partial charge is 0.00110 e. The van der Waals surface area contributed by atoms with Crippen molar-refractivity contribution in [3.8, 4) is 0 Å². The van der Waals surface area contributed by atoms with Crippen molar-refractivity contribution in [2.45, 2.75) is 34.6 Å². The standard InChI is InChI=1S/C11H25N/c1-9(2)10(8-12(6)7)11(3,4)5/h9-10H,8H2,1-7H3/t10-/m0/s1. The van der Waals surface area contributed by atoms with Gasteiger partial charge in [0.2, 0.25) is 0 Å². The highest BCUT2D eigenvalue weighted by atomic mass is 15.1. The first-order chi connectivity index (χ1) is 5.25. The van der Waals surface area contributed by atoms with Gasteiger partial charge < -0.3 is 4.90 Å². The molecular weight excluding hydrogens is 146 g/mol. The van der Waals surface area contributed by atoms with Crippen LogP contribution in [0.3, 0.4) is 0 Å². The van der Waals surface area contributed by atoms with Gasteiger partial charge in [-0.25, -0.2) is 0 Å². The molecule has 1 nitrogen and oxygen atoms in total. The molecule has 0 spiro atoms. The first-order valence-electron chi connectivity index (χ1n) is 4.90. The summed E-state index contributed by atoms with van der Waals surface area (Å²) in [6.45, 7) is 12.8. The Morgan fingerprint density at radius 2 is 1.50 bits per heavy atom. The van der Waals surface area contributed by atoms with Gasteiger partial charge in [0.15, 0.2) is 0 Å². The van der Waals surface area contributed by atoms with E-state index < -0.39 is 0 Å². The van der Waals surface area contributed by atoms with Gasteiger partial charge in [-0.3, -0.25) is 0 Å². The maximum atomic E-state index is 2.33. The minimum Gasteiger partial charge on any atom is -0.309 e. The fourth-order valence-corrected chi connectivity index (χ4v) is 1.88. The normalized spacial score (nSPS) is 15.8. The minimum atomic E-state index is 0.429. The molecular formula is C11H25N. The molecule has 1 heteroatoms. The number of nitrogens with zero attached hydrogens (tertiary/aromatic N) is 1. The van der Waals surface area contributed by atoms with Gasteiger partial charge in [-0.05, 0) is 31.3 Å². The van der Waals surface area contributed by atoms with Crippen molar-refractivity contribution in [3.63, 3.8) is 0 Å². The highest BCUT2D eigenvalue weighted by Crippen LogP contribution is 2.32. The molecule has 0 heterocycles. The first kappa shape index (κ1) is 12.0. The van der Waals surface area contributed by atoms with Crippen molar-refractivity contribution in [2.75, 3.05) is 20.6 Å². The van der Waals surface area contributed by atoms with Crippen LogP contribution in [0.15, 0.2) is 0 Å². The zero-order valence-corrected chi connectivity index (χ0v) is 9.81. The molecule has 0 amide bonds. The van der Waals surface area contributed by atoms with Crippen LogP contribution in [0.25, 0.3) is 0 Å². The molecule has 0 aromatic carbocycles. The van der Waals surface area contributed by atoms with E-state index in [0.717, 1.165) is 11.8 Å². The van der Waals surface area contributed by atoms with Gasteiger partial charge >= 0.3 is 0 Å². The van der Waals surface area contributed by atoms with Crippen LogP contribution in [-0.2, 0) is 0 Å². The van der Waals surface area contributed by atoms with Gasteiger partial charge in [-0.2, -0.15) is 0 Å². The van der Waals surface area contributed by atoms with E-state index >= 15 is 0 Å². The molecule has 0 bridgehead atoms. The quantitative estimate of drug-likeness (QED) is 0.631. The van der Waals surface area contributed by atoms with Gasteiger partial charge in [0, 0.05) is 6.54 Å². The lowest BCUT2D eigenvalue weighted by Gasteiger charge is -2.36. The largest absolute Gasteiger partial charge is 0.309 e. The summed E-state index contributed by atoms with van der Waals surface area (Å²) in [5.41, 5.74) is 0.429. The molecule has 0 aliphatic carbocycles. The van der Waals surface area contributed by atoms with E-state index in [1.807, 2.05) is 0 Å². The Hall–Kier alpha value is -0.0400. The molecule has 0 rings (SSSR count). The number of hydrogen-bond donors (Lipinski definition) is 0. The van der Waals surface area contributed by atoms with Crippen molar-refractivity contribution in [1.82, 2.24) is 4.90 Å². The Morgan fingerprint density at radius 3 is 1.58 bits per heavy atom. The van der Waals surface area contributed by atoms with E-state index in [0.29, 0.717) is 5.41 Å². The molecule has 0 aliphatic rings. The van der Waals surface area contributed by atoms with Crippen molar-refractivity contribution in [1.29, 1.82) is 0 Å². The first-order valence-corrected chi connectivity index (χ1v) is 4.90. The molecule has 0 fully saturated rings. The van der Waals surface area contributed by atoms with Gasteiger partial charge in [0.05, 0.1) is 0 Å². The van der Waals surface area contributed by atoms with Crippen LogP contribution in [0.5, 0.6) is 0 Å². The average molecular weight is 171 g/mol. The van der Waals surface area contributed by atoms with Gasteiger partial charge in [0.25, 0.3) is 0 Å². The monoisotopic (exact) mass is 171 g/mol. The molecule has 0 aromatic rings. The summed E-state index contributed by atoms with van der Waals surface area (Å²) < 4.78 is 0. The van der Waals surface area contributed by atoms with Crippen LogP contribution in [0.4, 0.5) is 0 Å². The molecule has 0 aliphatic heterocycles. The molecule has 0 aromatic heterocycles. The fraction of sp³-hybridized carbons (Fsp3) is 1.00. The average Bonchev–Trinajstić information content (AvgIpc) is 1.79. The van der Waals surface area contributed by atoms with E-state index in [1.165, 1.54) is 6.54 Å². The lowest BCUT2D eigenvalue weighted by molar-refractivity contribution is 0.136. The SMILES string of the molecule is CC(C)[C@H](CN(C)C)C(C)(C)C. The van der Waals surface area contributed by atoms with Crippen LogP contribution >= 0.6 is 0 Å². The van der Waals surface area contributed by atoms with Crippen LogP contribution in [0.2, 0.25) is 0 Å². The summed E-state index contributed by atoms with van der Waals surface area (Å²) in [5, 5.41) is 0. The second-order valence-electron chi connectivity index (χ2n) is 5.48. The summed E-state index contributed by atoms with van der Waals surface area (Å²) in [6.07, 6.45) is 0. The molecule has 0 radical (unpaired) electrons. The summed E-state index contributed by atoms with van der Waals surface area (Å²) in [5.74, 6) is 1.56. The van der Waals surface area contributed by atoms with Gasteiger partial charge in [0.1, 0.15) is 0 Å². The topological polar surface area (TPSA) is 3.24 Å². The molecule has 74 valence electrons. The molecule has 0 N–H and O–H groups in total. The van der Waals surface area contributed by atoms with Gasteiger partial charge in [-0.1, -0.05) is 34.6 Å². The predicted molar refractivity (Wildman–Crippen MR) is 56.3 cm³/mol. The number of rotatable bonds is 3. The summed E-state index contributed by atoms with van der Waals surface area (Å²) in [4.78, 5) is 2.29. The highest BCUT2D eigenvalue weighted by molar-refractivity contribution is 4.78. The second-order valence-corrected chi connectivity index (χ2v) is 5.48. The Morgan fingerprint density at radius 1 is 1.08 bits per heavy atom. The van der Waals surface area contributed by atoms with E-state index in [-0.39, 0.29) is 0 Å². The molecule has 0 unspecified atom stereocenters. The summed E-state index contributed by atoms with van der Waals surface area (Å²) in [7, 11) is 4.31. The minimum absolute atomic E-state index is 0.429. The van der Waals surface area contributed by atoms with Crippen molar-refractivity contribution >= 4 is 0 Å². The summed E-state index contributed by atoms with van der Waals surface area (Å²) in [6, 6.07) is 0. The Labute approximate surface area is 78.1 Å². The van der Waals surface area contributed by atoms with E-state index in [1.54, 1.807) is 0 Å². The van der Waals surface area contributed by atoms with E-state index in [4.69, 9.17) is 0 Å². The second kappa shape index (κ2) is 4.27. The van der Waals surface area contributed by atoms with Gasteiger partial charge in [-0.15, -0.1) is 0 Å². The number of hydrogen-bond acceptors (Lipinski definition) is 1. The third-order valence-electron chi connectivity index (χ3n) is 2.48. The Kier molecular flexibility index (Phi) is 4.25. The maximum absolute atomic E-state index is 2.33. The lowest BCUT2D eigenvalue weighted by Crippen LogP contribution is -2.34. The fourth-order valence-electron chi connectivity index (χ4n) is 1.88. The predicted octanol–water partition coefficient (Wildman–Crippen LogP) is 2.87. The van der Waals surface area contributed by atoms with Crippen LogP contribution in [0, 0.1) is 17.3 Å². The molecule has 0 saturated heterocycles. The highest BCUT2D eigenvalue weighted by Gasteiger charge is 2.27. The lowest BCUT2D eigenvalue weighted by atomic mass is 9.74. The van der Waals surface area contributed by atoms with E-state index in [2.05, 4.69) is 53.6 Å². The maximum Gasteiger partial charge on any atom is 0.00110 e.